The molecule has 0 bridgehead atoms. The van der Waals surface area contributed by atoms with Crippen LogP contribution < -0.4 is 4.90 Å². The van der Waals surface area contributed by atoms with Crippen LogP contribution in [0.25, 0.3) is 72.3 Å². The lowest BCUT2D eigenvalue weighted by atomic mass is 9.62. The zero-order valence-corrected chi connectivity index (χ0v) is 36.9. The second-order valence-electron chi connectivity index (χ2n) is 18.5. The minimum absolute atomic E-state index is 0.365. The molecular formula is C64H47N. The Morgan fingerprint density at radius 3 is 1.52 bits per heavy atom. The van der Waals surface area contributed by atoms with E-state index in [4.69, 9.17) is 0 Å². The summed E-state index contributed by atoms with van der Waals surface area (Å²) in [7, 11) is 0. The van der Waals surface area contributed by atoms with Gasteiger partial charge in [-0.1, -0.05) is 190 Å². The second kappa shape index (κ2) is 14.4. The van der Waals surface area contributed by atoms with Crippen molar-refractivity contribution < 1.29 is 0 Å². The molecule has 3 unspecified atom stereocenters. The van der Waals surface area contributed by atoms with Gasteiger partial charge in [0, 0.05) is 17.1 Å². The highest BCUT2D eigenvalue weighted by molar-refractivity contribution is 6.07. The summed E-state index contributed by atoms with van der Waals surface area (Å²) in [4.78, 5) is 2.40. The maximum atomic E-state index is 2.49. The average molecular weight is 830 g/mol. The van der Waals surface area contributed by atoms with Crippen LogP contribution in [0.4, 0.5) is 17.1 Å². The molecule has 0 radical (unpaired) electrons. The van der Waals surface area contributed by atoms with Crippen molar-refractivity contribution >= 4 is 22.6 Å². The van der Waals surface area contributed by atoms with Crippen LogP contribution >= 0.6 is 0 Å². The van der Waals surface area contributed by atoms with Crippen molar-refractivity contribution in [3.63, 3.8) is 0 Å². The highest BCUT2D eigenvalue weighted by atomic mass is 15.1. The lowest BCUT2D eigenvalue weighted by Crippen LogP contribution is -2.33. The molecule has 9 aromatic carbocycles. The fourth-order valence-corrected chi connectivity index (χ4v) is 12.1. The Morgan fingerprint density at radius 2 is 0.846 bits per heavy atom. The Hall–Kier alpha value is -7.74. The van der Waals surface area contributed by atoms with Crippen LogP contribution in [0.5, 0.6) is 0 Å². The molecule has 3 atom stereocenters. The van der Waals surface area contributed by atoms with E-state index in [-0.39, 0.29) is 5.41 Å². The molecule has 4 aliphatic rings. The van der Waals surface area contributed by atoms with E-state index in [0.717, 1.165) is 17.1 Å². The van der Waals surface area contributed by atoms with Crippen molar-refractivity contribution in [1.82, 2.24) is 0 Å². The smallest absolute Gasteiger partial charge is 0.0705 e. The Kier molecular flexibility index (Phi) is 8.37. The van der Waals surface area contributed by atoms with Gasteiger partial charge in [0.1, 0.15) is 0 Å². The second-order valence-corrected chi connectivity index (χ2v) is 18.5. The van der Waals surface area contributed by atoms with Gasteiger partial charge in [-0.3, -0.25) is 0 Å². The maximum absolute atomic E-state index is 2.49. The summed E-state index contributed by atoms with van der Waals surface area (Å²) in [5.74, 6) is 0.823. The Morgan fingerprint density at radius 1 is 0.369 bits per heavy atom. The van der Waals surface area contributed by atoms with Gasteiger partial charge in [-0.15, -0.1) is 0 Å². The monoisotopic (exact) mass is 829 g/mol. The molecule has 9 aromatic rings. The SMILES string of the molecule is Cc1cccc2c1C13C4=C(C=CC(C)C4C)c4cccc(c41)-c1ccc(-c4cccc(N(c5ccc(-c6ccccc6)cc5)c5cccc(-c6ccccc6)c5)c4)cc1-c1cccc-2c13. The summed E-state index contributed by atoms with van der Waals surface area (Å²) in [6, 6.07) is 76.9. The van der Waals surface area contributed by atoms with Crippen LogP contribution in [-0.2, 0) is 5.41 Å². The third kappa shape index (κ3) is 5.45. The third-order valence-electron chi connectivity index (χ3n) is 15.1. The van der Waals surface area contributed by atoms with E-state index in [1.807, 2.05) is 0 Å². The molecular weight excluding hydrogens is 783 g/mol. The molecule has 0 amide bonds. The van der Waals surface area contributed by atoms with Crippen molar-refractivity contribution in [2.45, 2.75) is 26.2 Å². The van der Waals surface area contributed by atoms with Gasteiger partial charge in [-0.2, -0.15) is 0 Å². The minimum atomic E-state index is -0.365. The van der Waals surface area contributed by atoms with E-state index >= 15 is 0 Å². The summed E-state index contributed by atoms with van der Waals surface area (Å²) in [6.07, 6.45) is 4.90. The van der Waals surface area contributed by atoms with E-state index in [0.29, 0.717) is 11.8 Å². The summed E-state index contributed by atoms with van der Waals surface area (Å²) >= 11 is 0. The maximum Gasteiger partial charge on any atom is 0.0705 e. The molecule has 4 aliphatic carbocycles. The van der Waals surface area contributed by atoms with E-state index < -0.39 is 0 Å². The molecule has 0 aromatic heterocycles. The predicted octanol–water partition coefficient (Wildman–Crippen LogP) is 17.0. The van der Waals surface area contributed by atoms with E-state index in [9.17, 15) is 0 Å². The van der Waals surface area contributed by atoms with Gasteiger partial charge in [-0.25, -0.2) is 0 Å². The van der Waals surface area contributed by atoms with Crippen LogP contribution in [0.1, 0.15) is 41.7 Å². The standard InChI is InChI=1S/C64H47N/c1-40-29-35-58-56-27-13-25-53-52-36-32-48(39-59(52)57-28-14-26-55-54-24-10-15-41(2)60(54)64(62(53)56,63(55)57)61(58)42(40)3)47-21-12-23-51(38-47)65(49-33-30-45(31-34-49)43-16-6-4-7-17-43)50-22-11-20-46(37-50)44-18-8-5-9-19-44/h4-40,42H,1-3H3. The summed E-state index contributed by atoms with van der Waals surface area (Å²) in [5.41, 5.74) is 28.4. The Labute approximate surface area is 382 Å². The van der Waals surface area contributed by atoms with Gasteiger partial charge in [0.25, 0.3) is 0 Å². The number of aryl methyl sites for hydroxylation is 1. The molecule has 0 saturated carbocycles. The van der Waals surface area contributed by atoms with Crippen LogP contribution in [0, 0.1) is 18.8 Å². The van der Waals surface area contributed by atoms with Crippen LogP contribution in [0.3, 0.4) is 0 Å². The fraction of sp³-hybridized carbons (Fsp3) is 0.0938. The molecule has 13 rings (SSSR count). The Balaban J connectivity index is 0.999. The lowest BCUT2D eigenvalue weighted by Gasteiger charge is -2.39. The molecule has 0 aliphatic heterocycles. The Bertz CT molecular complexity index is 3460. The van der Waals surface area contributed by atoms with Gasteiger partial charge in [-0.05, 0) is 167 Å². The van der Waals surface area contributed by atoms with Gasteiger partial charge in [0.05, 0.1) is 5.41 Å². The van der Waals surface area contributed by atoms with Gasteiger partial charge < -0.3 is 4.90 Å². The van der Waals surface area contributed by atoms with E-state index in [2.05, 4.69) is 244 Å². The number of hydrogen-bond donors (Lipinski definition) is 0. The first kappa shape index (κ1) is 37.8. The molecule has 0 saturated heterocycles. The van der Waals surface area contributed by atoms with Gasteiger partial charge in [0.15, 0.2) is 0 Å². The quantitative estimate of drug-likeness (QED) is 0.161. The van der Waals surface area contributed by atoms with Crippen LogP contribution in [-0.4, -0.2) is 0 Å². The first-order chi connectivity index (χ1) is 32.0. The molecule has 0 heterocycles. The molecule has 1 spiro atoms. The molecule has 1 heteroatoms. The topological polar surface area (TPSA) is 3.24 Å². The number of allylic oxidation sites excluding steroid dienone is 4. The number of anilines is 3. The number of rotatable bonds is 6. The first-order valence-electron chi connectivity index (χ1n) is 23.2. The lowest BCUT2D eigenvalue weighted by molar-refractivity contribution is 0.482. The molecule has 1 nitrogen and oxygen atoms in total. The first-order valence-corrected chi connectivity index (χ1v) is 23.2. The highest BCUT2D eigenvalue weighted by Gasteiger charge is 2.58. The summed E-state index contributed by atoms with van der Waals surface area (Å²) in [5, 5.41) is 0. The molecule has 65 heavy (non-hydrogen) atoms. The normalized spacial score (nSPS) is 18.0. The average Bonchev–Trinajstić information content (AvgIpc) is 3.80. The number of benzene rings is 9. The van der Waals surface area contributed by atoms with E-state index in [1.165, 1.54) is 100 Å². The zero-order chi connectivity index (χ0) is 43.4. The van der Waals surface area contributed by atoms with Crippen LogP contribution in [0.2, 0.25) is 0 Å². The predicted molar refractivity (Wildman–Crippen MR) is 273 cm³/mol. The minimum Gasteiger partial charge on any atom is -0.310 e. The molecule has 0 fully saturated rings. The largest absolute Gasteiger partial charge is 0.310 e. The number of fused-ring (bicyclic) bond motifs is 6. The molecule has 0 N–H and O–H groups in total. The zero-order valence-electron chi connectivity index (χ0n) is 36.9. The number of hydrogen-bond acceptors (Lipinski definition) is 1. The summed E-state index contributed by atoms with van der Waals surface area (Å²) in [6.45, 7) is 7.22. The van der Waals surface area contributed by atoms with Gasteiger partial charge in [0.2, 0.25) is 0 Å². The third-order valence-corrected chi connectivity index (χ3v) is 15.1. The summed E-state index contributed by atoms with van der Waals surface area (Å²) < 4.78 is 0. The molecule has 308 valence electrons. The van der Waals surface area contributed by atoms with Crippen molar-refractivity contribution in [2.24, 2.45) is 11.8 Å². The van der Waals surface area contributed by atoms with Crippen molar-refractivity contribution in [3.05, 3.63) is 252 Å². The van der Waals surface area contributed by atoms with Crippen molar-refractivity contribution in [2.75, 3.05) is 4.90 Å². The van der Waals surface area contributed by atoms with Crippen molar-refractivity contribution in [3.8, 4) is 66.8 Å². The van der Waals surface area contributed by atoms with Gasteiger partial charge >= 0.3 is 0 Å². The highest BCUT2D eigenvalue weighted by Crippen LogP contribution is 2.70. The van der Waals surface area contributed by atoms with Crippen LogP contribution in [0.15, 0.2) is 224 Å². The fourth-order valence-electron chi connectivity index (χ4n) is 12.1. The van der Waals surface area contributed by atoms with E-state index in [1.54, 1.807) is 5.57 Å². The number of nitrogens with zero attached hydrogens (tertiary/aromatic N) is 1. The van der Waals surface area contributed by atoms with Crippen molar-refractivity contribution in [1.29, 1.82) is 0 Å².